The molecule has 3 rings (SSSR count). The van der Waals surface area contributed by atoms with Crippen LogP contribution in [0.25, 0.3) is 11.3 Å². The Hall–Kier alpha value is -1.74. The number of benzene rings is 1. The molecule has 2 aromatic rings. The van der Waals surface area contributed by atoms with Gasteiger partial charge in [0, 0.05) is 35.8 Å². The van der Waals surface area contributed by atoms with Gasteiger partial charge in [-0.3, -0.25) is 4.90 Å². The molecule has 0 aliphatic carbocycles. The van der Waals surface area contributed by atoms with Crippen LogP contribution >= 0.6 is 0 Å². The zero-order valence-corrected chi connectivity index (χ0v) is 13.8. The molecule has 0 N–H and O–H groups in total. The number of nitrogens with zero attached hydrogens (tertiary/aromatic N) is 3. The molecule has 3 heteroatoms. The van der Waals surface area contributed by atoms with E-state index < -0.39 is 0 Å². The minimum Gasteiger partial charge on any atom is -0.300 e. The molecule has 1 aliphatic rings. The van der Waals surface area contributed by atoms with E-state index in [0.717, 1.165) is 31.6 Å². The van der Waals surface area contributed by atoms with Crippen molar-refractivity contribution in [2.75, 3.05) is 13.1 Å². The molecule has 0 spiro atoms. The molecule has 0 saturated heterocycles. The SMILES string of the molecule is CCC1Cc2ncnc(-c3ccc(C)cc3)c2CCN1CC. The van der Waals surface area contributed by atoms with Crippen LogP contribution in [-0.2, 0) is 12.8 Å². The Bertz CT molecular complexity index is 634. The van der Waals surface area contributed by atoms with E-state index in [4.69, 9.17) is 0 Å². The Balaban J connectivity index is 2.01. The van der Waals surface area contributed by atoms with Crippen molar-refractivity contribution in [1.29, 1.82) is 0 Å². The van der Waals surface area contributed by atoms with Crippen molar-refractivity contribution in [1.82, 2.24) is 14.9 Å². The summed E-state index contributed by atoms with van der Waals surface area (Å²) in [5.41, 5.74) is 6.21. The van der Waals surface area contributed by atoms with Crippen molar-refractivity contribution >= 4 is 0 Å². The van der Waals surface area contributed by atoms with E-state index in [1.54, 1.807) is 6.33 Å². The summed E-state index contributed by atoms with van der Waals surface area (Å²) in [5, 5.41) is 0. The second-order valence-electron chi connectivity index (χ2n) is 6.16. The molecule has 0 amide bonds. The van der Waals surface area contributed by atoms with Gasteiger partial charge in [0.25, 0.3) is 0 Å². The predicted octanol–water partition coefficient (Wildman–Crippen LogP) is 3.65. The van der Waals surface area contributed by atoms with Crippen LogP contribution in [0.5, 0.6) is 0 Å². The Labute approximate surface area is 133 Å². The predicted molar refractivity (Wildman–Crippen MR) is 90.9 cm³/mol. The van der Waals surface area contributed by atoms with Gasteiger partial charge in [0.05, 0.1) is 5.69 Å². The van der Waals surface area contributed by atoms with Crippen molar-refractivity contribution in [3.05, 3.63) is 47.4 Å². The summed E-state index contributed by atoms with van der Waals surface area (Å²) in [7, 11) is 0. The lowest BCUT2D eigenvalue weighted by atomic mass is 9.99. The van der Waals surface area contributed by atoms with E-state index in [9.17, 15) is 0 Å². The van der Waals surface area contributed by atoms with Crippen LogP contribution < -0.4 is 0 Å². The summed E-state index contributed by atoms with van der Waals surface area (Å²) in [6.07, 6.45) is 5.00. The van der Waals surface area contributed by atoms with Crippen molar-refractivity contribution in [2.24, 2.45) is 0 Å². The molecule has 22 heavy (non-hydrogen) atoms. The van der Waals surface area contributed by atoms with E-state index in [2.05, 4.69) is 59.9 Å². The summed E-state index contributed by atoms with van der Waals surface area (Å²) in [6.45, 7) is 8.87. The minimum atomic E-state index is 0.604. The Morgan fingerprint density at radius 1 is 1.14 bits per heavy atom. The summed E-state index contributed by atoms with van der Waals surface area (Å²) in [4.78, 5) is 11.8. The van der Waals surface area contributed by atoms with Gasteiger partial charge in [-0.2, -0.15) is 0 Å². The molecule has 0 saturated carbocycles. The molecule has 1 aromatic heterocycles. The quantitative estimate of drug-likeness (QED) is 0.865. The molecule has 1 aliphatic heterocycles. The van der Waals surface area contributed by atoms with Crippen LogP contribution in [0, 0.1) is 6.92 Å². The van der Waals surface area contributed by atoms with Gasteiger partial charge in [0.15, 0.2) is 0 Å². The Morgan fingerprint density at radius 3 is 2.59 bits per heavy atom. The van der Waals surface area contributed by atoms with Gasteiger partial charge in [0.2, 0.25) is 0 Å². The molecule has 2 heterocycles. The highest BCUT2D eigenvalue weighted by molar-refractivity contribution is 5.64. The summed E-state index contributed by atoms with van der Waals surface area (Å²) < 4.78 is 0. The maximum Gasteiger partial charge on any atom is 0.116 e. The molecule has 0 radical (unpaired) electrons. The Kier molecular flexibility index (Phi) is 4.53. The highest BCUT2D eigenvalue weighted by Crippen LogP contribution is 2.28. The number of fused-ring (bicyclic) bond motifs is 1. The Morgan fingerprint density at radius 2 is 1.91 bits per heavy atom. The first-order valence-electron chi connectivity index (χ1n) is 8.36. The minimum absolute atomic E-state index is 0.604. The second kappa shape index (κ2) is 6.57. The summed E-state index contributed by atoms with van der Waals surface area (Å²) >= 11 is 0. The van der Waals surface area contributed by atoms with E-state index in [1.807, 2.05) is 0 Å². The zero-order chi connectivity index (χ0) is 15.5. The van der Waals surface area contributed by atoms with E-state index >= 15 is 0 Å². The third kappa shape index (κ3) is 2.91. The van der Waals surface area contributed by atoms with E-state index in [0.29, 0.717) is 6.04 Å². The number of hydrogen-bond donors (Lipinski definition) is 0. The van der Waals surface area contributed by atoms with Gasteiger partial charge in [-0.05, 0) is 26.3 Å². The molecular weight excluding hydrogens is 270 g/mol. The molecule has 1 aromatic carbocycles. The fourth-order valence-electron chi connectivity index (χ4n) is 3.46. The van der Waals surface area contributed by atoms with Gasteiger partial charge >= 0.3 is 0 Å². The summed E-state index contributed by atoms with van der Waals surface area (Å²) in [6, 6.07) is 9.28. The van der Waals surface area contributed by atoms with E-state index in [-0.39, 0.29) is 0 Å². The number of likely N-dealkylation sites (N-methyl/N-ethyl adjacent to an activating group) is 1. The van der Waals surface area contributed by atoms with Gasteiger partial charge < -0.3 is 0 Å². The maximum atomic E-state index is 4.61. The van der Waals surface area contributed by atoms with Gasteiger partial charge in [0.1, 0.15) is 6.33 Å². The average Bonchev–Trinajstić information content (AvgIpc) is 2.74. The fourth-order valence-corrected chi connectivity index (χ4v) is 3.46. The van der Waals surface area contributed by atoms with Crippen molar-refractivity contribution < 1.29 is 0 Å². The fraction of sp³-hybridized carbons (Fsp3) is 0.474. The monoisotopic (exact) mass is 295 g/mol. The van der Waals surface area contributed by atoms with Crippen LogP contribution in [0.1, 0.15) is 37.1 Å². The van der Waals surface area contributed by atoms with Gasteiger partial charge in [-0.15, -0.1) is 0 Å². The third-order valence-electron chi connectivity index (χ3n) is 4.83. The maximum absolute atomic E-state index is 4.61. The van der Waals surface area contributed by atoms with Crippen LogP contribution in [0.3, 0.4) is 0 Å². The smallest absolute Gasteiger partial charge is 0.116 e. The van der Waals surface area contributed by atoms with Crippen molar-refractivity contribution in [3.8, 4) is 11.3 Å². The number of aromatic nitrogens is 2. The zero-order valence-electron chi connectivity index (χ0n) is 13.8. The van der Waals surface area contributed by atoms with Gasteiger partial charge in [-0.25, -0.2) is 9.97 Å². The van der Waals surface area contributed by atoms with Crippen LogP contribution in [0.15, 0.2) is 30.6 Å². The molecule has 116 valence electrons. The van der Waals surface area contributed by atoms with Crippen LogP contribution in [-0.4, -0.2) is 34.0 Å². The first kappa shape index (κ1) is 15.2. The van der Waals surface area contributed by atoms with Gasteiger partial charge in [-0.1, -0.05) is 43.7 Å². The topological polar surface area (TPSA) is 29.0 Å². The second-order valence-corrected chi connectivity index (χ2v) is 6.16. The number of rotatable bonds is 3. The van der Waals surface area contributed by atoms with Crippen molar-refractivity contribution in [2.45, 2.75) is 46.1 Å². The highest BCUT2D eigenvalue weighted by Gasteiger charge is 2.24. The molecule has 0 fully saturated rings. The lowest BCUT2D eigenvalue weighted by Crippen LogP contribution is -2.36. The average molecular weight is 295 g/mol. The lowest BCUT2D eigenvalue weighted by molar-refractivity contribution is 0.207. The first-order chi connectivity index (χ1) is 10.7. The number of hydrogen-bond acceptors (Lipinski definition) is 3. The molecular formula is C19H25N3. The normalized spacial score (nSPS) is 18.8. The first-order valence-corrected chi connectivity index (χ1v) is 8.36. The van der Waals surface area contributed by atoms with Crippen LogP contribution in [0.4, 0.5) is 0 Å². The highest BCUT2D eigenvalue weighted by atomic mass is 15.2. The third-order valence-corrected chi connectivity index (χ3v) is 4.83. The lowest BCUT2D eigenvalue weighted by Gasteiger charge is -2.27. The molecule has 1 unspecified atom stereocenters. The summed E-state index contributed by atoms with van der Waals surface area (Å²) in [5.74, 6) is 0. The molecule has 3 nitrogen and oxygen atoms in total. The standard InChI is InChI=1S/C19H25N3/c1-4-16-12-18-17(10-11-22(16)5-2)19(21-13-20-18)15-8-6-14(3)7-9-15/h6-9,13,16H,4-5,10-12H2,1-3H3. The van der Waals surface area contributed by atoms with Crippen molar-refractivity contribution in [3.63, 3.8) is 0 Å². The number of aryl methyl sites for hydroxylation is 1. The van der Waals surface area contributed by atoms with E-state index in [1.165, 1.54) is 28.8 Å². The van der Waals surface area contributed by atoms with Crippen LogP contribution in [0.2, 0.25) is 0 Å². The largest absolute Gasteiger partial charge is 0.300 e. The molecule has 1 atom stereocenters. The molecule has 0 bridgehead atoms.